The van der Waals surface area contributed by atoms with E-state index in [9.17, 15) is 9.59 Å². The number of likely N-dealkylation sites (tertiary alicyclic amines) is 1. The molecule has 0 atom stereocenters. The Bertz CT molecular complexity index is 1030. The number of carbonyl (C=O) groups is 2. The molecule has 0 unspecified atom stereocenters. The molecular weight excluding hydrogens is 432 g/mol. The van der Waals surface area contributed by atoms with Crippen LogP contribution in [0.1, 0.15) is 64.7 Å². The van der Waals surface area contributed by atoms with Gasteiger partial charge in [-0.25, -0.2) is 0 Å². The number of nitrogens with zero attached hydrogens (tertiary/aromatic N) is 2. The quantitative estimate of drug-likeness (QED) is 0.528. The molecule has 4 nitrogen and oxygen atoms in total. The largest absolute Gasteiger partial charge is 0.312 e. The molecule has 3 aliphatic rings. The van der Waals surface area contributed by atoms with Crippen LogP contribution in [-0.4, -0.2) is 42.8 Å². The van der Waals surface area contributed by atoms with Gasteiger partial charge in [0.2, 0.25) is 5.91 Å². The maximum absolute atomic E-state index is 13.0. The highest BCUT2D eigenvalue weighted by molar-refractivity contribution is 6.05. The maximum Gasteiger partial charge on any atom is 0.231 e. The summed E-state index contributed by atoms with van der Waals surface area (Å²) in [7, 11) is 0. The van der Waals surface area contributed by atoms with E-state index < -0.39 is 0 Å². The van der Waals surface area contributed by atoms with E-state index in [0.717, 1.165) is 68.7 Å². The molecular formula is C28H35ClN2O2. The number of Topliss-reactive ketones (excluding diaryl/α,β-unsaturated/α-hetero) is 1. The van der Waals surface area contributed by atoms with Gasteiger partial charge in [-0.15, -0.1) is 12.4 Å². The van der Waals surface area contributed by atoms with Crippen LogP contribution >= 0.6 is 12.4 Å². The fourth-order valence-electron chi connectivity index (χ4n) is 5.79. The first kappa shape index (κ1) is 24.0. The van der Waals surface area contributed by atoms with Crippen molar-refractivity contribution in [1.29, 1.82) is 0 Å². The third kappa shape index (κ3) is 5.17. The Morgan fingerprint density at radius 3 is 2.61 bits per heavy atom. The molecule has 0 saturated carbocycles. The van der Waals surface area contributed by atoms with Crippen LogP contribution in [0, 0.1) is 12.8 Å². The van der Waals surface area contributed by atoms with Gasteiger partial charge in [-0.1, -0.05) is 24.3 Å². The molecule has 0 spiro atoms. The third-order valence-corrected chi connectivity index (χ3v) is 7.78. The van der Waals surface area contributed by atoms with Crippen LogP contribution in [0.3, 0.4) is 0 Å². The van der Waals surface area contributed by atoms with Crippen LogP contribution in [0.15, 0.2) is 36.4 Å². The van der Waals surface area contributed by atoms with E-state index in [-0.39, 0.29) is 24.1 Å². The summed E-state index contributed by atoms with van der Waals surface area (Å²) in [6, 6.07) is 12.8. The zero-order chi connectivity index (χ0) is 22.1. The number of hydrogen-bond acceptors (Lipinski definition) is 3. The average Bonchev–Trinajstić information content (AvgIpc) is 3.14. The van der Waals surface area contributed by atoms with Crippen molar-refractivity contribution in [3.63, 3.8) is 0 Å². The maximum atomic E-state index is 13.0. The van der Waals surface area contributed by atoms with Crippen molar-refractivity contribution in [2.45, 2.75) is 58.3 Å². The van der Waals surface area contributed by atoms with Gasteiger partial charge in [0.1, 0.15) is 0 Å². The molecule has 5 rings (SSSR count). The lowest BCUT2D eigenvalue weighted by Crippen LogP contribution is -2.35. The Balaban J connectivity index is 0.00000259. The molecule has 5 heteroatoms. The average molecular weight is 467 g/mol. The molecule has 1 amide bonds. The number of piperidine rings is 1. The summed E-state index contributed by atoms with van der Waals surface area (Å²) in [5, 5.41) is 0. The van der Waals surface area contributed by atoms with E-state index in [0.29, 0.717) is 18.8 Å². The van der Waals surface area contributed by atoms with Gasteiger partial charge in [0, 0.05) is 25.1 Å². The SMILES string of the molecule is Cc1ccccc1CCN1CCC(CCC(=O)c2cc3c4c(c2)CC(=O)N4CCC3)CC1.Cl. The minimum Gasteiger partial charge on any atom is -0.312 e. The van der Waals surface area contributed by atoms with Gasteiger partial charge in [0.25, 0.3) is 0 Å². The summed E-state index contributed by atoms with van der Waals surface area (Å²) in [6.07, 6.45) is 7.57. The van der Waals surface area contributed by atoms with Crippen molar-refractivity contribution < 1.29 is 9.59 Å². The van der Waals surface area contributed by atoms with Crippen molar-refractivity contribution in [1.82, 2.24) is 4.90 Å². The van der Waals surface area contributed by atoms with Crippen LogP contribution in [0.2, 0.25) is 0 Å². The second-order valence-corrected chi connectivity index (χ2v) is 9.89. The van der Waals surface area contributed by atoms with Crippen LogP contribution in [0.4, 0.5) is 5.69 Å². The molecule has 33 heavy (non-hydrogen) atoms. The number of benzene rings is 2. The van der Waals surface area contributed by atoms with Crippen molar-refractivity contribution in [3.8, 4) is 0 Å². The topological polar surface area (TPSA) is 40.6 Å². The molecule has 1 fully saturated rings. The number of ketones is 1. The van der Waals surface area contributed by atoms with Gasteiger partial charge >= 0.3 is 0 Å². The fraction of sp³-hybridized carbons (Fsp3) is 0.500. The number of halogens is 1. The van der Waals surface area contributed by atoms with Crippen molar-refractivity contribution in [3.05, 3.63) is 64.2 Å². The Kier molecular flexibility index (Phi) is 7.55. The standard InChI is InChI=1S/C28H34N2O2.ClH/c1-20-5-2-3-6-22(20)12-16-29-14-10-21(11-15-29)8-9-26(31)24-17-23-7-4-13-30-27(32)19-25(18-24)28(23)30;/h2-3,5-6,17-18,21H,4,7-16,19H2,1H3;1H. The molecule has 0 aliphatic carbocycles. The molecule has 0 N–H and O–H groups in total. The predicted molar refractivity (Wildman–Crippen MR) is 136 cm³/mol. The predicted octanol–water partition coefficient (Wildman–Crippen LogP) is 5.17. The normalized spacial score (nSPS) is 18.2. The van der Waals surface area contributed by atoms with Crippen molar-refractivity contribution in [2.75, 3.05) is 31.1 Å². The van der Waals surface area contributed by atoms with Gasteiger partial charge in [0.15, 0.2) is 5.78 Å². The van der Waals surface area contributed by atoms with Gasteiger partial charge in [-0.3, -0.25) is 9.59 Å². The summed E-state index contributed by atoms with van der Waals surface area (Å²) in [4.78, 5) is 29.8. The van der Waals surface area contributed by atoms with Crippen LogP contribution in [0.5, 0.6) is 0 Å². The van der Waals surface area contributed by atoms with Crippen LogP contribution < -0.4 is 4.90 Å². The lowest BCUT2D eigenvalue weighted by molar-refractivity contribution is -0.117. The smallest absolute Gasteiger partial charge is 0.231 e. The number of hydrogen-bond donors (Lipinski definition) is 0. The summed E-state index contributed by atoms with van der Waals surface area (Å²) in [5.41, 5.74) is 7.04. The molecule has 176 valence electrons. The van der Waals surface area contributed by atoms with E-state index in [1.807, 2.05) is 11.0 Å². The Morgan fingerprint density at radius 2 is 1.82 bits per heavy atom. The van der Waals surface area contributed by atoms with Gasteiger partial charge < -0.3 is 9.80 Å². The number of carbonyl (C=O) groups excluding carboxylic acids is 2. The zero-order valence-corrected chi connectivity index (χ0v) is 20.5. The zero-order valence-electron chi connectivity index (χ0n) is 19.6. The van der Waals surface area contributed by atoms with Crippen molar-refractivity contribution in [2.24, 2.45) is 5.92 Å². The molecule has 3 heterocycles. The van der Waals surface area contributed by atoms with Gasteiger partial charge in [-0.2, -0.15) is 0 Å². The number of anilines is 1. The molecule has 3 aliphatic heterocycles. The highest BCUT2D eigenvalue weighted by Crippen LogP contribution is 2.38. The van der Waals surface area contributed by atoms with Gasteiger partial charge in [-0.05, 0) is 98.8 Å². The molecule has 2 aromatic carbocycles. The van der Waals surface area contributed by atoms with Crippen LogP contribution in [0.25, 0.3) is 0 Å². The Morgan fingerprint density at radius 1 is 1.06 bits per heavy atom. The van der Waals surface area contributed by atoms with E-state index >= 15 is 0 Å². The number of rotatable bonds is 7. The lowest BCUT2D eigenvalue weighted by atomic mass is 9.89. The summed E-state index contributed by atoms with van der Waals surface area (Å²) < 4.78 is 0. The van der Waals surface area contributed by atoms with E-state index in [1.54, 1.807) is 0 Å². The van der Waals surface area contributed by atoms with Crippen molar-refractivity contribution >= 4 is 29.8 Å². The van der Waals surface area contributed by atoms with E-state index in [2.05, 4.69) is 42.2 Å². The van der Waals surface area contributed by atoms with E-state index in [4.69, 9.17) is 0 Å². The lowest BCUT2D eigenvalue weighted by Gasteiger charge is -2.32. The molecule has 0 bridgehead atoms. The second-order valence-electron chi connectivity index (χ2n) is 9.89. The Labute approximate surface area is 203 Å². The number of amides is 1. The summed E-state index contributed by atoms with van der Waals surface area (Å²) >= 11 is 0. The van der Waals surface area contributed by atoms with Crippen LogP contribution in [-0.2, 0) is 24.1 Å². The first-order valence-electron chi connectivity index (χ1n) is 12.3. The highest BCUT2D eigenvalue weighted by Gasteiger charge is 2.33. The first-order chi connectivity index (χ1) is 15.6. The molecule has 2 aromatic rings. The molecule has 1 saturated heterocycles. The van der Waals surface area contributed by atoms with E-state index in [1.165, 1.54) is 29.5 Å². The minimum absolute atomic E-state index is 0. The van der Waals surface area contributed by atoms with Gasteiger partial charge in [0.05, 0.1) is 12.1 Å². The Hall–Kier alpha value is -2.17. The fourth-order valence-corrected chi connectivity index (χ4v) is 5.79. The second kappa shape index (κ2) is 10.4. The summed E-state index contributed by atoms with van der Waals surface area (Å²) in [5.74, 6) is 1.10. The molecule has 0 radical (unpaired) electrons. The third-order valence-electron chi connectivity index (χ3n) is 7.78. The summed E-state index contributed by atoms with van der Waals surface area (Å²) in [6.45, 7) is 6.44. The number of aryl methyl sites for hydroxylation is 2. The first-order valence-corrected chi connectivity index (χ1v) is 12.3. The minimum atomic E-state index is 0. The highest BCUT2D eigenvalue weighted by atomic mass is 35.5. The monoisotopic (exact) mass is 466 g/mol. The molecule has 0 aromatic heterocycles.